The van der Waals surface area contributed by atoms with Crippen molar-refractivity contribution < 1.29 is 14.3 Å². The van der Waals surface area contributed by atoms with Crippen molar-refractivity contribution in [2.45, 2.75) is 20.8 Å². The summed E-state index contributed by atoms with van der Waals surface area (Å²) in [4.78, 5) is 26.3. The van der Waals surface area contributed by atoms with Crippen LogP contribution >= 0.6 is 0 Å². The Hall–Kier alpha value is -2.82. The maximum Gasteiger partial charge on any atom is 0.337 e. The first kappa shape index (κ1) is 18.5. The van der Waals surface area contributed by atoms with E-state index in [0.717, 1.165) is 30.0 Å². The maximum atomic E-state index is 12.5. The van der Waals surface area contributed by atoms with E-state index < -0.39 is 5.97 Å². The van der Waals surface area contributed by atoms with Crippen molar-refractivity contribution in [2.75, 3.05) is 30.4 Å². The monoisotopic (exact) mass is 340 g/mol. The normalized spacial score (nSPS) is 10.2. The SMILES string of the molecule is CCN(CC)c1ccc(NC(=O)c2cccc(C(=O)OC)c2)c(C)c1. The van der Waals surface area contributed by atoms with Crippen LogP contribution in [0.5, 0.6) is 0 Å². The Balaban J connectivity index is 2.19. The molecule has 5 heteroatoms. The molecule has 0 unspecified atom stereocenters. The van der Waals surface area contributed by atoms with Gasteiger partial charge in [0.25, 0.3) is 5.91 Å². The molecule has 132 valence electrons. The first-order valence-electron chi connectivity index (χ1n) is 8.35. The Morgan fingerprint density at radius 1 is 1.04 bits per heavy atom. The van der Waals surface area contributed by atoms with E-state index in [1.165, 1.54) is 13.2 Å². The van der Waals surface area contributed by atoms with Crippen molar-refractivity contribution in [1.29, 1.82) is 0 Å². The number of methoxy groups -OCH3 is 1. The number of esters is 1. The summed E-state index contributed by atoms with van der Waals surface area (Å²) in [5.74, 6) is -0.723. The Bertz CT molecular complexity index is 767. The van der Waals surface area contributed by atoms with Crippen LogP contribution in [0.25, 0.3) is 0 Å². The number of hydrogen-bond acceptors (Lipinski definition) is 4. The molecule has 5 nitrogen and oxygen atoms in total. The molecule has 0 bridgehead atoms. The van der Waals surface area contributed by atoms with Crippen molar-refractivity contribution in [2.24, 2.45) is 0 Å². The molecule has 1 N–H and O–H groups in total. The lowest BCUT2D eigenvalue weighted by Gasteiger charge is -2.22. The molecule has 0 saturated carbocycles. The molecule has 0 aliphatic heterocycles. The van der Waals surface area contributed by atoms with Gasteiger partial charge in [0.2, 0.25) is 0 Å². The topological polar surface area (TPSA) is 58.6 Å². The third-order valence-electron chi connectivity index (χ3n) is 4.13. The third kappa shape index (κ3) is 4.38. The number of hydrogen-bond donors (Lipinski definition) is 1. The molecular formula is C20H24N2O3. The van der Waals surface area contributed by atoms with E-state index in [0.29, 0.717) is 11.1 Å². The minimum Gasteiger partial charge on any atom is -0.465 e. The van der Waals surface area contributed by atoms with Gasteiger partial charge in [-0.1, -0.05) is 6.07 Å². The first-order chi connectivity index (χ1) is 12.0. The van der Waals surface area contributed by atoms with Crippen LogP contribution in [0, 0.1) is 6.92 Å². The molecule has 0 heterocycles. The number of carbonyl (C=O) groups is 2. The number of rotatable bonds is 6. The van der Waals surface area contributed by atoms with Crippen LogP contribution in [-0.4, -0.2) is 32.1 Å². The van der Waals surface area contributed by atoms with Crippen LogP contribution in [0.4, 0.5) is 11.4 Å². The van der Waals surface area contributed by atoms with E-state index in [9.17, 15) is 9.59 Å². The molecule has 0 aliphatic carbocycles. The zero-order valence-electron chi connectivity index (χ0n) is 15.1. The van der Waals surface area contributed by atoms with E-state index in [1.807, 2.05) is 19.1 Å². The second kappa shape index (κ2) is 8.33. The highest BCUT2D eigenvalue weighted by atomic mass is 16.5. The summed E-state index contributed by atoms with van der Waals surface area (Å²) in [6.45, 7) is 8.06. The molecular weight excluding hydrogens is 316 g/mol. The van der Waals surface area contributed by atoms with Gasteiger partial charge in [0.05, 0.1) is 12.7 Å². The molecule has 2 aromatic carbocycles. The molecule has 0 aromatic heterocycles. The van der Waals surface area contributed by atoms with Gasteiger partial charge in [-0.3, -0.25) is 4.79 Å². The highest BCUT2D eigenvalue weighted by Gasteiger charge is 2.12. The number of aryl methyl sites for hydroxylation is 1. The number of carbonyl (C=O) groups excluding carboxylic acids is 2. The summed E-state index contributed by atoms with van der Waals surface area (Å²) in [5.41, 5.74) is 3.64. The molecule has 0 atom stereocenters. The van der Waals surface area contributed by atoms with Crippen molar-refractivity contribution in [3.8, 4) is 0 Å². The fourth-order valence-corrected chi connectivity index (χ4v) is 2.67. The van der Waals surface area contributed by atoms with Crippen LogP contribution < -0.4 is 10.2 Å². The Kier molecular flexibility index (Phi) is 6.17. The predicted molar refractivity (Wildman–Crippen MR) is 100 cm³/mol. The fourth-order valence-electron chi connectivity index (χ4n) is 2.67. The molecule has 0 spiro atoms. The van der Waals surface area contributed by atoms with Crippen LogP contribution in [0.2, 0.25) is 0 Å². The molecule has 0 aliphatic rings. The zero-order chi connectivity index (χ0) is 18.4. The van der Waals surface area contributed by atoms with Crippen molar-refractivity contribution in [1.82, 2.24) is 0 Å². The van der Waals surface area contributed by atoms with Crippen LogP contribution in [-0.2, 0) is 4.74 Å². The molecule has 0 saturated heterocycles. The van der Waals surface area contributed by atoms with Gasteiger partial charge in [0, 0.05) is 30.0 Å². The molecule has 2 rings (SSSR count). The van der Waals surface area contributed by atoms with Gasteiger partial charge >= 0.3 is 5.97 Å². The summed E-state index contributed by atoms with van der Waals surface area (Å²) in [5, 5.41) is 2.90. The lowest BCUT2D eigenvalue weighted by atomic mass is 10.1. The van der Waals surface area contributed by atoms with Crippen molar-refractivity contribution in [3.63, 3.8) is 0 Å². The average molecular weight is 340 g/mol. The van der Waals surface area contributed by atoms with E-state index in [4.69, 9.17) is 0 Å². The summed E-state index contributed by atoms with van der Waals surface area (Å²) in [6.07, 6.45) is 0. The van der Waals surface area contributed by atoms with Gasteiger partial charge in [-0.25, -0.2) is 4.79 Å². The Morgan fingerprint density at radius 2 is 1.72 bits per heavy atom. The van der Waals surface area contributed by atoms with Crippen molar-refractivity contribution in [3.05, 3.63) is 59.2 Å². The van der Waals surface area contributed by atoms with Gasteiger partial charge in [-0.2, -0.15) is 0 Å². The summed E-state index contributed by atoms with van der Waals surface area (Å²) >= 11 is 0. The zero-order valence-corrected chi connectivity index (χ0v) is 15.1. The number of nitrogens with one attached hydrogen (secondary N) is 1. The molecule has 0 fully saturated rings. The van der Waals surface area contributed by atoms with Crippen LogP contribution in [0.1, 0.15) is 40.1 Å². The van der Waals surface area contributed by atoms with Crippen molar-refractivity contribution >= 4 is 23.3 Å². The average Bonchev–Trinajstić information content (AvgIpc) is 2.64. The molecule has 0 radical (unpaired) electrons. The molecule has 25 heavy (non-hydrogen) atoms. The second-order valence-electron chi connectivity index (χ2n) is 5.70. The summed E-state index contributed by atoms with van der Waals surface area (Å²) < 4.78 is 4.69. The fraction of sp³-hybridized carbons (Fsp3) is 0.300. The first-order valence-corrected chi connectivity index (χ1v) is 8.35. The highest BCUT2D eigenvalue weighted by molar-refractivity contribution is 6.06. The van der Waals surface area contributed by atoms with Gasteiger partial charge in [-0.15, -0.1) is 0 Å². The Labute approximate surface area is 148 Å². The quantitative estimate of drug-likeness (QED) is 0.811. The molecule has 2 aromatic rings. The van der Waals surface area contributed by atoms with E-state index in [1.54, 1.807) is 18.2 Å². The van der Waals surface area contributed by atoms with Crippen LogP contribution in [0.15, 0.2) is 42.5 Å². The lowest BCUT2D eigenvalue weighted by molar-refractivity contribution is 0.0600. The second-order valence-corrected chi connectivity index (χ2v) is 5.70. The van der Waals surface area contributed by atoms with E-state index in [2.05, 4.69) is 34.9 Å². The number of nitrogens with zero attached hydrogens (tertiary/aromatic N) is 1. The lowest BCUT2D eigenvalue weighted by Crippen LogP contribution is -2.22. The van der Waals surface area contributed by atoms with Gasteiger partial charge in [0.1, 0.15) is 0 Å². The number of amides is 1. The van der Waals surface area contributed by atoms with Crippen LogP contribution in [0.3, 0.4) is 0 Å². The summed E-state index contributed by atoms with van der Waals surface area (Å²) in [6, 6.07) is 12.4. The standard InChI is InChI=1S/C20H24N2O3/c1-5-22(6-2)17-10-11-18(14(3)12-17)21-19(23)15-8-7-9-16(13-15)20(24)25-4/h7-13H,5-6H2,1-4H3,(H,21,23). The largest absolute Gasteiger partial charge is 0.465 e. The van der Waals surface area contributed by atoms with E-state index in [-0.39, 0.29) is 5.91 Å². The number of benzene rings is 2. The third-order valence-corrected chi connectivity index (χ3v) is 4.13. The highest BCUT2D eigenvalue weighted by Crippen LogP contribution is 2.23. The minimum absolute atomic E-state index is 0.260. The minimum atomic E-state index is -0.464. The van der Waals surface area contributed by atoms with Gasteiger partial charge < -0.3 is 15.0 Å². The number of ether oxygens (including phenoxy) is 1. The Morgan fingerprint density at radius 3 is 2.32 bits per heavy atom. The summed E-state index contributed by atoms with van der Waals surface area (Å²) in [7, 11) is 1.32. The number of anilines is 2. The maximum absolute atomic E-state index is 12.5. The predicted octanol–water partition coefficient (Wildman–Crippen LogP) is 3.88. The van der Waals surface area contributed by atoms with E-state index >= 15 is 0 Å². The smallest absolute Gasteiger partial charge is 0.337 e. The molecule has 1 amide bonds. The van der Waals surface area contributed by atoms with Gasteiger partial charge in [0.15, 0.2) is 0 Å². The van der Waals surface area contributed by atoms with Gasteiger partial charge in [-0.05, 0) is 62.7 Å².